The van der Waals surface area contributed by atoms with E-state index in [4.69, 9.17) is 25.8 Å². The molecule has 0 fully saturated rings. The van der Waals surface area contributed by atoms with E-state index in [0.717, 1.165) is 6.42 Å². The van der Waals surface area contributed by atoms with Gasteiger partial charge < -0.3 is 14.2 Å². The molecule has 0 saturated heterocycles. The Bertz CT molecular complexity index is 1110. The summed E-state index contributed by atoms with van der Waals surface area (Å²) < 4.78 is 16.5. The molecule has 0 aliphatic rings. The zero-order valence-corrected chi connectivity index (χ0v) is 19.6. The van der Waals surface area contributed by atoms with E-state index in [1.807, 2.05) is 6.92 Å². The fraction of sp³-hybridized carbons (Fsp3) is 0.192. The number of carbonyl (C=O) groups excluding carboxylic acids is 2. The molecule has 8 heteroatoms. The monoisotopic (exact) mass is 480 g/mol. The number of carbonyl (C=O) groups is 2. The Balaban J connectivity index is 1.47. The number of nitrogens with one attached hydrogen (secondary N) is 1. The van der Waals surface area contributed by atoms with Crippen LogP contribution in [0.1, 0.15) is 36.2 Å². The van der Waals surface area contributed by atoms with Crippen molar-refractivity contribution in [2.75, 3.05) is 6.61 Å². The molecule has 0 saturated carbocycles. The highest BCUT2D eigenvalue weighted by Crippen LogP contribution is 2.18. The van der Waals surface area contributed by atoms with Crippen molar-refractivity contribution in [3.8, 4) is 17.2 Å². The third-order valence-electron chi connectivity index (χ3n) is 4.54. The second kappa shape index (κ2) is 12.4. The Morgan fingerprint density at radius 3 is 2.21 bits per heavy atom. The van der Waals surface area contributed by atoms with E-state index < -0.39 is 18.0 Å². The summed E-state index contributed by atoms with van der Waals surface area (Å²) in [7, 11) is 0. The minimum atomic E-state index is -0.743. The molecule has 0 heterocycles. The van der Waals surface area contributed by atoms with Gasteiger partial charge in [0.15, 0.2) is 6.10 Å². The van der Waals surface area contributed by atoms with Gasteiger partial charge in [0.25, 0.3) is 5.91 Å². The number of esters is 1. The van der Waals surface area contributed by atoms with Gasteiger partial charge in [-0.15, -0.1) is 0 Å². The zero-order chi connectivity index (χ0) is 24.3. The molecule has 3 aromatic rings. The van der Waals surface area contributed by atoms with Gasteiger partial charge >= 0.3 is 5.97 Å². The van der Waals surface area contributed by atoms with Crippen molar-refractivity contribution >= 4 is 29.7 Å². The van der Waals surface area contributed by atoms with E-state index in [0.29, 0.717) is 40.0 Å². The van der Waals surface area contributed by atoms with Gasteiger partial charge in [0.05, 0.1) is 18.4 Å². The third kappa shape index (κ3) is 7.64. The number of nitrogens with zero attached hydrogens (tertiary/aromatic N) is 1. The Morgan fingerprint density at radius 2 is 1.56 bits per heavy atom. The van der Waals surface area contributed by atoms with Gasteiger partial charge in [0, 0.05) is 5.02 Å². The number of hydrogen-bond acceptors (Lipinski definition) is 6. The molecule has 3 aromatic carbocycles. The summed E-state index contributed by atoms with van der Waals surface area (Å²) in [5.41, 5.74) is 3.57. The van der Waals surface area contributed by atoms with Gasteiger partial charge in [-0.1, -0.05) is 18.5 Å². The summed E-state index contributed by atoms with van der Waals surface area (Å²) >= 11 is 5.84. The predicted octanol–water partition coefficient (Wildman–Crippen LogP) is 5.27. The lowest BCUT2D eigenvalue weighted by molar-refractivity contribution is -0.127. The Labute approximate surface area is 203 Å². The van der Waals surface area contributed by atoms with Crippen LogP contribution in [0.2, 0.25) is 5.02 Å². The summed E-state index contributed by atoms with van der Waals surface area (Å²) in [5, 5.41) is 4.53. The fourth-order valence-corrected chi connectivity index (χ4v) is 2.85. The largest absolute Gasteiger partial charge is 0.494 e. The maximum absolute atomic E-state index is 12.3. The van der Waals surface area contributed by atoms with Crippen molar-refractivity contribution in [3.05, 3.63) is 88.9 Å². The minimum Gasteiger partial charge on any atom is -0.494 e. The molecule has 3 rings (SSSR count). The van der Waals surface area contributed by atoms with Crippen LogP contribution in [0.3, 0.4) is 0 Å². The molecule has 0 aliphatic heterocycles. The first kappa shape index (κ1) is 24.8. The number of hydrogen-bond donors (Lipinski definition) is 1. The Morgan fingerprint density at radius 1 is 0.941 bits per heavy atom. The first-order valence-corrected chi connectivity index (χ1v) is 11.1. The van der Waals surface area contributed by atoms with Gasteiger partial charge in [-0.05, 0) is 91.7 Å². The van der Waals surface area contributed by atoms with Crippen LogP contribution in [0, 0.1) is 0 Å². The van der Waals surface area contributed by atoms with Crippen LogP contribution < -0.4 is 19.6 Å². The topological polar surface area (TPSA) is 86.2 Å². The summed E-state index contributed by atoms with van der Waals surface area (Å²) in [6, 6.07) is 20.2. The first-order chi connectivity index (χ1) is 16.4. The summed E-state index contributed by atoms with van der Waals surface area (Å²) in [6.07, 6.45) is 1.65. The van der Waals surface area contributed by atoms with Gasteiger partial charge in [-0.25, -0.2) is 10.2 Å². The van der Waals surface area contributed by atoms with Crippen molar-refractivity contribution in [1.82, 2.24) is 5.43 Å². The average molecular weight is 481 g/mol. The standard InChI is InChI=1S/C26H25ClN2O5/c1-3-16-32-22-12-6-20(7-13-22)26(31)34-24-10-4-19(5-11-24)17-28-29-25(30)18(2)33-23-14-8-21(27)9-15-23/h4-15,17-18H,3,16H2,1-2H3,(H,29,30)/b28-17+. The number of ether oxygens (including phenoxy) is 3. The van der Waals surface area contributed by atoms with E-state index in [9.17, 15) is 9.59 Å². The molecular formula is C26H25ClN2O5. The third-order valence-corrected chi connectivity index (χ3v) is 4.79. The van der Waals surface area contributed by atoms with Gasteiger partial charge in [0.2, 0.25) is 0 Å². The van der Waals surface area contributed by atoms with E-state index >= 15 is 0 Å². The first-order valence-electron chi connectivity index (χ1n) is 10.7. The van der Waals surface area contributed by atoms with E-state index in [1.54, 1.807) is 79.7 Å². The van der Waals surface area contributed by atoms with Crippen LogP contribution in [0.4, 0.5) is 0 Å². The highest BCUT2D eigenvalue weighted by atomic mass is 35.5. The second-order valence-electron chi connectivity index (χ2n) is 7.28. The normalized spacial score (nSPS) is 11.6. The molecule has 0 radical (unpaired) electrons. The summed E-state index contributed by atoms with van der Waals surface area (Å²) in [4.78, 5) is 24.5. The van der Waals surface area contributed by atoms with Crippen LogP contribution in [0.15, 0.2) is 77.9 Å². The molecule has 176 valence electrons. The van der Waals surface area contributed by atoms with Gasteiger partial charge in [0.1, 0.15) is 17.2 Å². The van der Waals surface area contributed by atoms with Crippen molar-refractivity contribution in [3.63, 3.8) is 0 Å². The molecule has 0 spiro atoms. The molecule has 1 N–H and O–H groups in total. The number of amides is 1. The highest BCUT2D eigenvalue weighted by Gasteiger charge is 2.14. The van der Waals surface area contributed by atoms with Crippen molar-refractivity contribution in [2.24, 2.45) is 5.10 Å². The van der Waals surface area contributed by atoms with Crippen LogP contribution in [-0.2, 0) is 4.79 Å². The average Bonchev–Trinajstić information content (AvgIpc) is 2.85. The molecule has 0 aromatic heterocycles. The zero-order valence-electron chi connectivity index (χ0n) is 18.9. The Kier molecular flexibility index (Phi) is 9.05. The van der Waals surface area contributed by atoms with Gasteiger partial charge in [-0.2, -0.15) is 5.10 Å². The lowest BCUT2D eigenvalue weighted by Gasteiger charge is -2.12. The summed E-state index contributed by atoms with van der Waals surface area (Å²) in [6.45, 7) is 4.27. The van der Waals surface area contributed by atoms with Crippen LogP contribution in [0.25, 0.3) is 0 Å². The highest BCUT2D eigenvalue weighted by molar-refractivity contribution is 6.30. The van der Waals surface area contributed by atoms with E-state index in [2.05, 4.69) is 10.5 Å². The van der Waals surface area contributed by atoms with Gasteiger partial charge in [-0.3, -0.25) is 4.79 Å². The molecule has 1 atom stereocenters. The molecule has 1 unspecified atom stereocenters. The molecule has 1 amide bonds. The van der Waals surface area contributed by atoms with Crippen LogP contribution >= 0.6 is 11.6 Å². The van der Waals surface area contributed by atoms with E-state index in [-0.39, 0.29) is 0 Å². The lowest BCUT2D eigenvalue weighted by Crippen LogP contribution is -2.33. The van der Waals surface area contributed by atoms with Crippen LogP contribution in [0.5, 0.6) is 17.2 Å². The quantitative estimate of drug-likeness (QED) is 0.185. The fourth-order valence-electron chi connectivity index (χ4n) is 2.73. The number of hydrazone groups is 1. The second-order valence-corrected chi connectivity index (χ2v) is 7.72. The maximum atomic E-state index is 12.3. The maximum Gasteiger partial charge on any atom is 0.343 e. The molecule has 34 heavy (non-hydrogen) atoms. The number of rotatable bonds is 10. The number of halogens is 1. The van der Waals surface area contributed by atoms with Crippen molar-refractivity contribution in [1.29, 1.82) is 0 Å². The molecule has 0 aliphatic carbocycles. The van der Waals surface area contributed by atoms with Crippen molar-refractivity contribution in [2.45, 2.75) is 26.4 Å². The molecule has 0 bridgehead atoms. The summed E-state index contributed by atoms with van der Waals surface area (Å²) in [5.74, 6) is 0.762. The van der Waals surface area contributed by atoms with Crippen LogP contribution in [-0.4, -0.2) is 30.8 Å². The predicted molar refractivity (Wildman–Crippen MR) is 131 cm³/mol. The smallest absolute Gasteiger partial charge is 0.343 e. The molecular weight excluding hydrogens is 456 g/mol. The van der Waals surface area contributed by atoms with E-state index in [1.165, 1.54) is 6.21 Å². The lowest BCUT2D eigenvalue weighted by atomic mass is 10.2. The Hall–Kier alpha value is -3.84. The van der Waals surface area contributed by atoms with Crippen molar-refractivity contribution < 1.29 is 23.8 Å². The SMILES string of the molecule is CCCOc1ccc(C(=O)Oc2ccc(/C=N/NC(=O)C(C)Oc3ccc(Cl)cc3)cc2)cc1. The number of benzene rings is 3. The molecule has 7 nitrogen and oxygen atoms in total. The minimum absolute atomic E-state index is 0.391.